The van der Waals surface area contributed by atoms with Crippen LogP contribution in [0.4, 0.5) is 0 Å². The zero-order chi connectivity index (χ0) is 13.8. The number of likely N-dealkylation sites (N-methyl/N-ethyl adjacent to an activating group) is 1. The first kappa shape index (κ1) is 15.4. The van der Waals surface area contributed by atoms with Gasteiger partial charge in [-0.15, -0.1) is 0 Å². The van der Waals surface area contributed by atoms with Crippen molar-refractivity contribution in [2.75, 3.05) is 7.05 Å². The van der Waals surface area contributed by atoms with Crippen molar-refractivity contribution in [3.63, 3.8) is 0 Å². The van der Waals surface area contributed by atoms with Gasteiger partial charge in [-0.3, -0.25) is 4.98 Å². The smallest absolute Gasteiger partial charge is 0.0423 e. The monoisotopic (exact) mass is 494 g/mol. The van der Waals surface area contributed by atoms with Gasteiger partial charge in [0.05, 0.1) is 0 Å². The summed E-state index contributed by atoms with van der Waals surface area (Å²) in [6, 6.07) is 10.7. The highest BCUT2D eigenvalue weighted by atomic mass is 127. The number of pyridine rings is 1. The van der Waals surface area contributed by atoms with Crippen molar-refractivity contribution in [1.29, 1.82) is 0 Å². The molecule has 1 unspecified atom stereocenters. The molecule has 0 bridgehead atoms. The number of nitrogens with zero attached hydrogens (tertiary/aromatic N) is 1. The minimum Gasteiger partial charge on any atom is -0.313 e. The van der Waals surface area contributed by atoms with Gasteiger partial charge in [0, 0.05) is 36.9 Å². The average molecular weight is 496 g/mol. The van der Waals surface area contributed by atoms with Crippen LogP contribution < -0.4 is 5.32 Å². The van der Waals surface area contributed by atoms with E-state index in [1.54, 1.807) is 0 Å². The molecule has 0 aliphatic rings. The fraction of sp³-hybridized carbons (Fsp3) is 0.214. The standard InChI is InChI=1S/C14H13Br2IN2/c1-18-14(7-11-4-2-9(15)8-19-11)12-6-10(17)3-5-13(12)16/h2-6,8,14,18H,7H2,1H3. The Balaban J connectivity index is 2.24. The van der Waals surface area contributed by atoms with Gasteiger partial charge in [0.2, 0.25) is 0 Å². The molecule has 0 aliphatic carbocycles. The summed E-state index contributed by atoms with van der Waals surface area (Å²) in [7, 11) is 1.98. The molecule has 1 aromatic carbocycles. The van der Waals surface area contributed by atoms with Crippen molar-refractivity contribution in [2.45, 2.75) is 12.5 Å². The fourth-order valence-electron chi connectivity index (χ4n) is 1.89. The van der Waals surface area contributed by atoms with Crippen molar-refractivity contribution in [1.82, 2.24) is 10.3 Å². The van der Waals surface area contributed by atoms with Crippen molar-refractivity contribution in [3.8, 4) is 0 Å². The van der Waals surface area contributed by atoms with Crippen LogP contribution in [-0.2, 0) is 6.42 Å². The maximum atomic E-state index is 4.44. The van der Waals surface area contributed by atoms with Gasteiger partial charge in [0.1, 0.15) is 0 Å². The lowest BCUT2D eigenvalue weighted by Crippen LogP contribution is -2.20. The zero-order valence-corrected chi connectivity index (χ0v) is 15.7. The molecule has 100 valence electrons. The van der Waals surface area contributed by atoms with E-state index >= 15 is 0 Å². The highest BCUT2D eigenvalue weighted by Crippen LogP contribution is 2.27. The Hall–Kier alpha value is 0.0200. The number of benzene rings is 1. The van der Waals surface area contributed by atoms with Crippen molar-refractivity contribution >= 4 is 54.5 Å². The second-order valence-corrected chi connectivity index (χ2v) is 7.19. The van der Waals surface area contributed by atoms with Crippen LogP contribution in [-0.4, -0.2) is 12.0 Å². The van der Waals surface area contributed by atoms with E-state index in [9.17, 15) is 0 Å². The van der Waals surface area contributed by atoms with E-state index in [1.807, 2.05) is 19.3 Å². The second kappa shape index (κ2) is 7.15. The van der Waals surface area contributed by atoms with Crippen LogP contribution >= 0.6 is 54.5 Å². The Kier molecular flexibility index (Phi) is 5.80. The van der Waals surface area contributed by atoms with Crippen molar-refractivity contribution < 1.29 is 0 Å². The quantitative estimate of drug-likeness (QED) is 0.621. The molecule has 2 aromatic rings. The van der Waals surface area contributed by atoms with Crippen LogP contribution in [0, 0.1) is 3.57 Å². The van der Waals surface area contributed by atoms with Gasteiger partial charge < -0.3 is 5.32 Å². The number of nitrogens with one attached hydrogen (secondary N) is 1. The van der Waals surface area contributed by atoms with Gasteiger partial charge in [-0.25, -0.2) is 0 Å². The first-order chi connectivity index (χ1) is 9.10. The van der Waals surface area contributed by atoms with Gasteiger partial charge in [-0.2, -0.15) is 0 Å². The van der Waals surface area contributed by atoms with Gasteiger partial charge in [0.25, 0.3) is 0 Å². The van der Waals surface area contributed by atoms with Gasteiger partial charge in [-0.05, 0) is 81.5 Å². The minimum atomic E-state index is 0.248. The first-order valence-corrected chi connectivity index (χ1v) is 8.49. The van der Waals surface area contributed by atoms with Crippen LogP contribution in [0.1, 0.15) is 17.3 Å². The van der Waals surface area contributed by atoms with E-state index in [0.29, 0.717) is 0 Å². The summed E-state index contributed by atoms with van der Waals surface area (Å²) in [5, 5.41) is 3.36. The molecule has 1 N–H and O–H groups in total. The number of aromatic nitrogens is 1. The molecule has 0 spiro atoms. The largest absolute Gasteiger partial charge is 0.313 e. The molecule has 1 aromatic heterocycles. The third-order valence-electron chi connectivity index (χ3n) is 2.88. The Morgan fingerprint density at radius 1 is 1.26 bits per heavy atom. The predicted molar refractivity (Wildman–Crippen MR) is 94.3 cm³/mol. The maximum Gasteiger partial charge on any atom is 0.0423 e. The number of hydrogen-bond donors (Lipinski definition) is 1. The van der Waals surface area contributed by atoms with Gasteiger partial charge in [0.15, 0.2) is 0 Å². The molecule has 0 radical (unpaired) electrons. The highest BCUT2D eigenvalue weighted by Gasteiger charge is 2.14. The van der Waals surface area contributed by atoms with Crippen LogP contribution in [0.25, 0.3) is 0 Å². The summed E-state index contributed by atoms with van der Waals surface area (Å²) in [6.45, 7) is 0. The normalized spacial score (nSPS) is 12.4. The van der Waals surface area contributed by atoms with E-state index in [0.717, 1.165) is 21.1 Å². The predicted octanol–water partition coefficient (Wildman–Crippen LogP) is 4.71. The molecule has 0 amide bonds. The van der Waals surface area contributed by atoms with E-state index in [-0.39, 0.29) is 6.04 Å². The minimum absolute atomic E-state index is 0.248. The van der Waals surface area contributed by atoms with Crippen molar-refractivity contribution in [3.05, 3.63) is 60.3 Å². The van der Waals surface area contributed by atoms with Crippen molar-refractivity contribution in [2.24, 2.45) is 0 Å². The number of halogens is 3. The molecule has 0 saturated heterocycles. The third kappa shape index (κ3) is 4.24. The van der Waals surface area contributed by atoms with Crippen LogP contribution in [0.5, 0.6) is 0 Å². The van der Waals surface area contributed by atoms with Crippen LogP contribution in [0.15, 0.2) is 45.5 Å². The van der Waals surface area contributed by atoms with E-state index < -0.39 is 0 Å². The highest BCUT2D eigenvalue weighted by molar-refractivity contribution is 14.1. The van der Waals surface area contributed by atoms with E-state index in [1.165, 1.54) is 9.13 Å². The summed E-state index contributed by atoms with van der Waals surface area (Å²) in [5.41, 5.74) is 2.34. The molecular formula is C14H13Br2IN2. The lowest BCUT2D eigenvalue weighted by Gasteiger charge is -2.18. The maximum absolute atomic E-state index is 4.44. The lowest BCUT2D eigenvalue weighted by molar-refractivity contribution is 0.582. The van der Waals surface area contributed by atoms with E-state index in [4.69, 9.17) is 0 Å². The summed E-state index contributed by atoms with van der Waals surface area (Å²) < 4.78 is 3.37. The number of rotatable bonds is 4. The summed E-state index contributed by atoms with van der Waals surface area (Å²) in [5.74, 6) is 0. The van der Waals surface area contributed by atoms with Crippen LogP contribution in [0.2, 0.25) is 0 Å². The SMILES string of the molecule is CNC(Cc1ccc(Br)cn1)c1cc(I)ccc1Br. The Labute approximate surface area is 143 Å². The van der Waals surface area contributed by atoms with E-state index in [2.05, 4.69) is 89.0 Å². The molecular weight excluding hydrogens is 483 g/mol. The topological polar surface area (TPSA) is 24.9 Å². The Bertz CT molecular complexity index is 558. The molecule has 2 rings (SSSR count). The molecule has 1 atom stereocenters. The average Bonchev–Trinajstić information content (AvgIpc) is 2.41. The molecule has 2 nitrogen and oxygen atoms in total. The first-order valence-electron chi connectivity index (χ1n) is 5.83. The molecule has 19 heavy (non-hydrogen) atoms. The second-order valence-electron chi connectivity index (χ2n) is 4.18. The Morgan fingerprint density at radius 3 is 2.68 bits per heavy atom. The Morgan fingerprint density at radius 2 is 2.05 bits per heavy atom. The molecule has 5 heteroatoms. The lowest BCUT2D eigenvalue weighted by atomic mass is 10.0. The third-order valence-corrected chi connectivity index (χ3v) is 4.75. The van der Waals surface area contributed by atoms with Crippen LogP contribution in [0.3, 0.4) is 0 Å². The summed E-state index contributed by atoms with van der Waals surface area (Å²) in [6.07, 6.45) is 2.70. The van der Waals surface area contributed by atoms with Gasteiger partial charge in [-0.1, -0.05) is 15.9 Å². The molecule has 0 saturated carbocycles. The summed E-state index contributed by atoms with van der Waals surface area (Å²) >= 11 is 9.37. The fourth-order valence-corrected chi connectivity index (χ4v) is 3.16. The molecule has 0 aliphatic heterocycles. The zero-order valence-electron chi connectivity index (χ0n) is 10.3. The summed E-state index contributed by atoms with van der Waals surface area (Å²) in [4.78, 5) is 4.44. The molecule has 0 fully saturated rings. The van der Waals surface area contributed by atoms with Gasteiger partial charge >= 0.3 is 0 Å². The number of hydrogen-bond acceptors (Lipinski definition) is 2. The molecule has 1 heterocycles.